The van der Waals surface area contributed by atoms with Crippen molar-refractivity contribution < 1.29 is 152 Å². The monoisotopic (exact) mass is 844 g/mol. The van der Waals surface area contributed by atoms with Gasteiger partial charge in [0.1, 0.15) is 24.5 Å². The van der Waals surface area contributed by atoms with E-state index in [0.717, 1.165) is 0 Å². The molecule has 1 heterocycles. The van der Waals surface area contributed by atoms with Crippen molar-refractivity contribution in [1.82, 2.24) is 0 Å². The van der Waals surface area contributed by atoms with E-state index in [1.54, 1.807) is 6.92 Å². The fourth-order valence-corrected chi connectivity index (χ4v) is 1.08. The Hall–Kier alpha value is 4.12. The van der Waals surface area contributed by atoms with Crippen molar-refractivity contribution in [3.63, 3.8) is 0 Å². The van der Waals surface area contributed by atoms with Crippen LogP contribution in [0.4, 0.5) is 0 Å². The number of aliphatic hydroxyl groups is 3. The molecule has 5 N–H and O–H groups in total. The van der Waals surface area contributed by atoms with E-state index in [1.165, 1.54) is 0 Å². The van der Waals surface area contributed by atoms with Crippen molar-refractivity contribution in [2.24, 2.45) is 5.73 Å². The normalized spacial score (nSPS) is 41.4. The SMILES string of the molecule is C[C@@H]1OC(N)C(O)C(O)C1O.[Ac].[Ac].[Ac]. The molecule has 0 bridgehead atoms. The molecule has 0 saturated carbocycles. The number of nitrogens with two attached hydrogens (primary N) is 1. The minimum Gasteiger partial charge on any atom is -0.388 e. The Labute approximate surface area is 191 Å². The first-order valence-corrected chi connectivity index (χ1v) is 3.49. The summed E-state index contributed by atoms with van der Waals surface area (Å²) in [5.41, 5.74) is 5.28. The molecule has 75 valence electrons. The topological polar surface area (TPSA) is 95.9 Å². The largest absolute Gasteiger partial charge is 0.388 e. The maximum Gasteiger partial charge on any atom is 0.135 e. The van der Waals surface area contributed by atoms with Crippen molar-refractivity contribution in [3.8, 4) is 0 Å². The zero-order valence-corrected chi connectivity index (χ0v) is 22.2. The number of ether oxygens (including phenoxy) is 1. The first-order chi connectivity index (χ1) is 5.04. The number of rotatable bonds is 0. The number of hydrogen-bond donors (Lipinski definition) is 4. The molecule has 1 aliphatic rings. The summed E-state index contributed by atoms with van der Waals surface area (Å²) in [5, 5.41) is 27.3. The molecule has 3 radical (unpaired) electrons. The van der Waals surface area contributed by atoms with Gasteiger partial charge < -0.3 is 25.8 Å². The molecule has 1 fully saturated rings. The molecular weight excluding hydrogens is 831 g/mol. The minimum atomic E-state index is -1.21. The second kappa shape index (κ2) is 11.0. The van der Waals surface area contributed by atoms with Crippen LogP contribution in [-0.4, -0.2) is 46.0 Å². The standard InChI is InChI=1S/C6H13NO4.3Ac/c1-2-3(8)4(9)5(10)6(7)11-2;;;/h2-6,8-10H,7H2,1H3;;;/t2-,3?,4?,5?,6?;;;/m0.../s1. The van der Waals surface area contributed by atoms with E-state index < -0.39 is 30.6 Å². The van der Waals surface area contributed by atoms with E-state index in [0.29, 0.717) is 0 Å². The van der Waals surface area contributed by atoms with Crippen molar-refractivity contribution in [1.29, 1.82) is 0 Å². The van der Waals surface area contributed by atoms with Crippen LogP contribution in [0.1, 0.15) is 6.92 Å². The molecule has 0 aromatic heterocycles. The smallest absolute Gasteiger partial charge is 0.135 e. The van der Waals surface area contributed by atoms with Gasteiger partial charge in [0.2, 0.25) is 0 Å². The Balaban J connectivity index is -0.000000403. The summed E-state index contributed by atoms with van der Waals surface area (Å²) in [7, 11) is 0. The molecule has 14 heavy (non-hydrogen) atoms. The zero-order valence-electron chi connectivity index (χ0n) is 7.95. The predicted octanol–water partition coefficient (Wildman–Crippen LogP) is -2.23. The molecule has 1 saturated heterocycles. The minimum absolute atomic E-state index is 0. The van der Waals surface area contributed by atoms with Gasteiger partial charge in [-0.25, -0.2) is 0 Å². The third-order valence-electron chi connectivity index (χ3n) is 1.89. The van der Waals surface area contributed by atoms with E-state index in [2.05, 4.69) is 0 Å². The van der Waals surface area contributed by atoms with E-state index in [-0.39, 0.29) is 132 Å². The van der Waals surface area contributed by atoms with E-state index in [4.69, 9.17) is 25.8 Å². The second-order valence-electron chi connectivity index (χ2n) is 2.78. The fourth-order valence-electron chi connectivity index (χ4n) is 1.08. The summed E-state index contributed by atoms with van der Waals surface area (Å²) in [6.07, 6.45) is -4.94. The van der Waals surface area contributed by atoms with Gasteiger partial charge >= 0.3 is 0 Å². The van der Waals surface area contributed by atoms with Gasteiger partial charge in [0, 0.05) is 132 Å². The average Bonchev–Trinajstić information content (AvgIpc) is 1.97. The van der Waals surface area contributed by atoms with Crippen LogP contribution >= 0.6 is 0 Å². The van der Waals surface area contributed by atoms with Crippen LogP contribution in [0.25, 0.3) is 0 Å². The summed E-state index contributed by atoms with van der Waals surface area (Å²) >= 11 is 0. The van der Waals surface area contributed by atoms with Crippen molar-refractivity contribution in [2.45, 2.75) is 37.6 Å². The fraction of sp³-hybridized carbons (Fsp3) is 1.00. The van der Waals surface area contributed by atoms with Gasteiger partial charge in [-0.1, -0.05) is 0 Å². The molecule has 0 aliphatic carbocycles. The van der Waals surface area contributed by atoms with Gasteiger partial charge in [-0.2, -0.15) is 0 Å². The van der Waals surface area contributed by atoms with Crippen LogP contribution in [0.15, 0.2) is 0 Å². The van der Waals surface area contributed by atoms with Crippen molar-refractivity contribution >= 4 is 0 Å². The molecule has 5 nitrogen and oxygen atoms in total. The van der Waals surface area contributed by atoms with Crippen LogP contribution in [0, 0.1) is 132 Å². The first-order valence-electron chi connectivity index (χ1n) is 3.49. The first kappa shape index (κ1) is 23.2. The second-order valence-corrected chi connectivity index (χ2v) is 2.78. The van der Waals surface area contributed by atoms with Gasteiger partial charge in [0.15, 0.2) is 0 Å². The molecule has 1 rings (SSSR count). The molecule has 0 aromatic rings. The van der Waals surface area contributed by atoms with E-state index >= 15 is 0 Å². The van der Waals surface area contributed by atoms with Gasteiger partial charge in [-0.3, -0.25) is 0 Å². The molecular formula is C6H13Ac3NO4. The van der Waals surface area contributed by atoms with E-state index in [9.17, 15) is 0 Å². The number of hydrogen-bond acceptors (Lipinski definition) is 5. The van der Waals surface area contributed by atoms with Crippen LogP contribution in [0.3, 0.4) is 0 Å². The molecule has 1 aliphatic heterocycles. The summed E-state index contributed by atoms with van der Waals surface area (Å²) < 4.78 is 4.90. The quantitative estimate of drug-likeness (QED) is 0.222. The van der Waals surface area contributed by atoms with Crippen LogP contribution in [0.2, 0.25) is 0 Å². The molecule has 8 heteroatoms. The zero-order chi connectivity index (χ0) is 8.59. The van der Waals surface area contributed by atoms with Gasteiger partial charge in [-0.05, 0) is 6.92 Å². The van der Waals surface area contributed by atoms with Crippen LogP contribution < -0.4 is 5.73 Å². The van der Waals surface area contributed by atoms with Gasteiger partial charge in [0.05, 0.1) is 6.10 Å². The van der Waals surface area contributed by atoms with Crippen LogP contribution in [-0.2, 0) is 4.74 Å². The Kier molecular flexibility index (Phi) is 18.2. The van der Waals surface area contributed by atoms with Crippen molar-refractivity contribution in [3.05, 3.63) is 0 Å². The van der Waals surface area contributed by atoms with Crippen molar-refractivity contribution in [2.75, 3.05) is 0 Å². The van der Waals surface area contributed by atoms with E-state index in [1.807, 2.05) is 0 Å². The predicted molar refractivity (Wildman–Crippen MR) is 36.5 cm³/mol. The summed E-state index contributed by atoms with van der Waals surface area (Å²) in [6.45, 7) is 1.58. The third-order valence-corrected chi connectivity index (χ3v) is 1.89. The Bertz CT molecular complexity index is 139. The summed E-state index contributed by atoms with van der Waals surface area (Å²) in [4.78, 5) is 0. The van der Waals surface area contributed by atoms with Gasteiger partial charge in [0.25, 0.3) is 0 Å². The molecule has 5 atom stereocenters. The Morgan fingerprint density at radius 2 is 1.36 bits per heavy atom. The molecule has 4 unspecified atom stereocenters. The summed E-state index contributed by atoms with van der Waals surface area (Å²) in [5.74, 6) is 0. The molecule has 0 amide bonds. The maximum atomic E-state index is 9.14. The maximum absolute atomic E-state index is 9.14. The molecule has 0 spiro atoms. The third kappa shape index (κ3) is 6.34. The van der Waals surface area contributed by atoms with Gasteiger partial charge in [-0.15, -0.1) is 0 Å². The molecule has 0 aromatic carbocycles. The average molecular weight is 844 g/mol. The Morgan fingerprint density at radius 3 is 1.79 bits per heavy atom. The summed E-state index contributed by atoms with van der Waals surface area (Å²) in [6, 6.07) is 0. The number of aliphatic hydroxyl groups excluding tert-OH is 3. The Morgan fingerprint density at radius 1 is 0.929 bits per heavy atom. The van der Waals surface area contributed by atoms with Crippen LogP contribution in [0.5, 0.6) is 0 Å².